The number of halogens is 1. The van der Waals surface area contributed by atoms with Crippen molar-refractivity contribution in [2.75, 3.05) is 5.88 Å². The molecule has 0 aliphatic carbocycles. The van der Waals surface area contributed by atoms with E-state index in [1.165, 1.54) is 19.2 Å². The van der Waals surface area contributed by atoms with Crippen LogP contribution >= 0.6 is 11.6 Å². The quantitative estimate of drug-likeness (QED) is 0.466. The average Bonchev–Trinajstić information content (AvgIpc) is 2.27. The summed E-state index contributed by atoms with van der Waals surface area (Å²) < 4.78 is 23.7. The molecule has 0 saturated heterocycles. The highest BCUT2D eigenvalue weighted by Crippen LogP contribution is 2.24. The number of nitro groups is 1. The lowest BCUT2D eigenvalue weighted by molar-refractivity contribution is -0.388. The van der Waals surface area contributed by atoms with E-state index in [1.54, 1.807) is 0 Å². The van der Waals surface area contributed by atoms with Crippen LogP contribution in [-0.4, -0.2) is 29.5 Å². The van der Waals surface area contributed by atoms with Gasteiger partial charge >= 0.3 is 5.69 Å². The van der Waals surface area contributed by atoms with E-state index < -0.39 is 30.7 Å². The van der Waals surface area contributed by atoms with Gasteiger partial charge in [0.2, 0.25) is 14.9 Å². The van der Waals surface area contributed by atoms with Crippen LogP contribution in [0.1, 0.15) is 6.92 Å². The molecule has 0 spiro atoms. The number of hydrogen-bond acceptors (Lipinski definition) is 5. The second kappa shape index (κ2) is 4.75. The minimum absolute atomic E-state index is 0.143. The van der Waals surface area contributed by atoms with Gasteiger partial charge < -0.3 is 0 Å². The van der Waals surface area contributed by atoms with E-state index >= 15 is 0 Å². The van der Waals surface area contributed by atoms with Gasteiger partial charge in [-0.1, -0.05) is 0 Å². The first-order chi connectivity index (χ1) is 7.41. The van der Waals surface area contributed by atoms with Gasteiger partial charge in [0, 0.05) is 18.1 Å². The standard InChI is InChI=1S/C8H9ClN2O4S/c1-6(5-9)16(14,15)8-7(11(12)13)3-2-4-10-8/h2-4,6H,5H2,1H3. The number of aromatic nitrogens is 1. The molecular formula is C8H9ClN2O4S. The number of alkyl halides is 1. The van der Waals surface area contributed by atoms with Crippen molar-refractivity contribution in [2.45, 2.75) is 17.2 Å². The third-order valence-corrected chi connectivity index (χ3v) is 4.69. The van der Waals surface area contributed by atoms with Crippen LogP contribution in [0.25, 0.3) is 0 Å². The van der Waals surface area contributed by atoms with Crippen molar-refractivity contribution >= 4 is 27.1 Å². The van der Waals surface area contributed by atoms with E-state index in [0.29, 0.717) is 0 Å². The van der Waals surface area contributed by atoms with Crippen LogP contribution in [0.5, 0.6) is 0 Å². The summed E-state index contributed by atoms with van der Waals surface area (Å²) >= 11 is 5.44. The minimum atomic E-state index is -3.85. The second-order valence-electron chi connectivity index (χ2n) is 3.09. The molecule has 0 bridgehead atoms. The van der Waals surface area contributed by atoms with Crippen LogP contribution in [0.3, 0.4) is 0 Å². The van der Waals surface area contributed by atoms with Crippen molar-refractivity contribution in [3.63, 3.8) is 0 Å². The Morgan fingerprint density at radius 3 is 2.75 bits per heavy atom. The zero-order chi connectivity index (χ0) is 12.3. The first-order valence-electron chi connectivity index (χ1n) is 4.30. The molecule has 1 aromatic rings. The normalized spacial score (nSPS) is 13.4. The molecule has 1 atom stereocenters. The number of hydrogen-bond donors (Lipinski definition) is 0. The summed E-state index contributed by atoms with van der Waals surface area (Å²) in [6.07, 6.45) is 1.20. The Bertz CT molecular complexity index is 503. The molecule has 88 valence electrons. The third kappa shape index (κ3) is 2.30. The topological polar surface area (TPSA) is 90.2 Å². The fourth-order valence-corrected chi connectivity index (χ4v) is 2.70. The van der Waals surface area contributed by atoms with Crippen LogP contribution in [0.2, 0.25) is 0 Å². The van der Waals surface area contributed by atoms with E-state index in [9.17, 15) is 18.5 Å². The molecular weight excluding hydrogens is 256 g/mol. The summed E-state index contributed by atoms with van der Waals surface area (Å²) in [5.41, 5.74) is -0.528. The third-order valence-electron chi connectivity index (χ3n) is 1.96. The van der Waals surface area contributed by atoms with Crippen molar-refractivity contribution in [3.05, 3.63) is 28.4 Å². The van der Waals surface area contributed by atoms with Crippen molar-refractivity contribution in [3.8, 4) is 0 Å². The van der Waals surface area contributed by atoms with E-state index in [1.807, 2.05) is 0 Å². The number of rotatable bonds is 4. The van der Waals surface area contributed by atoms with Crippen molar-refractivity contribution in [2.24, 2.45) is 0 Å². The molecule has 8 heteroatoms. The molecule has 1 rings (SSSR count). The van der Waals surface area contributed by atoms with Crippen molar-refractivity contribution < 1.29 is 13.3 Å². The van der Waals surface area contributed by atoms with E-state index in [-0.39, 0.29) is 5.88 Å². The number of nitrogens with zero attached hydrogens (tertiary/aromatic N) is 2. The summed E-state index contributed by atoms with van der Waals surface area (Å²) in [6.45, 7) is 1.38. The fourth-order valence-electron chi connectivity index (χ4n) is 1.01. The monoisotopic (exact) mass is 264 g/mol. The molecule has 1 aromatic heterocycles. The van der Waals surface area contributed by atoms with Gasteiger partial charge in [0.1, 0.15) is 0 Å². The van der Waals surface area contributed by atoms with Crippen LogP contribution in [-0.2, 0) is 9.84 Å². The van der Waals surface area contributed by atoms with Gasteiger partial charge in [-0.3, -0.25) is 10.1 Å². The van der Waals surface area contributed by atoms with Gasteiger partial charge in [0.05, 0.1) is 10.2 Å². The predicted molar refractivity (Wildman–Crippen MR) is 58.3 cm³/mol. The van der Waals surface area contributed by atoms with Gasteiger partial charge in [-0.2, -0.15) is 0 Å². The van der Waals surface area contributed by atoms with Gasteiger partial charge in [-0.05, 0) is 13.0 Å². The van der Waals surface area contributed by atoms with Gasteiger partial charge in [0.15, 0.2) is 0 Å². The first kappa shape index (κ1) is 12.9. The summed E-state index contributed by atoms with van der Waals surface area (Å²) in [7, 11) is -3.85. The van der Waals surface area contributed by atoms with E-state index in [0.717, 1.165) is 6.07 Å². The SMILES string of the molecule is CC(CCl)S(=O)(=O)c1ncccc1[N+](=O)[O-]. The van der Waals surface area contributed by atoms with Crippen LogP contribution in [0, 0.1) is 10.1 Å². The van der Waals surface area contributed by atoms with Crippen LogP contribution in [0.15, 0.2) is 23.4 Å². The molecule has 0 fully saturated rings. The van der Waals surface area contributed by atoms with Gasteiger partial charge in [-0.25, -0.2) is 13.4 Å². The molecule has 0 aromatic carbocycles. The molecule has 0 aliphatic heterocycles. The Labute approximate surface area is 97.3 Å². The number of sulfone groups is 1. The molecule has 0 radical (unpaired) electrons. The second-order valence-corrected chi connectivity index (χ2v) is 5.68. The van der Waals surface area contributed by atoms with Crippen molar-refractivity contribution in [1.29, 1.82) is 0 Å². The lowest BCUT2D eigenvalue weighted by atomic mass is 10.4. The molecule has 16 heavy (non-hydrogen) atoms. The highest BCUT2D eigenvalue weighted by Gasteiger charge is 2.31. The largest absolute Gasteiger partial charge is 0.306 e. The summed E-state index contributed by atoms with van der Waals surface area (Å²) in [4.78, 5) is 13.4. The molecule has 1 heterocycles. The Hall–Kier alpha value is -1.21. The van der Waals surface area contributed by atoms with Gasteiger partial charge in [-0.15, -0.1) is 11.6 Å². The maximum atomic E-state index is 11.8. The molecule has 6 nitrogen and oxygen atoms in total. The maximum Gasteiger partial charge on any atom is 0.306 e. The highest BCUT2D eigenvalue weighted by atomic mass is 35.5. The van der Waals surface area contributed by atoms with Crippen molar-refractivity contribution in [1.82, 2.24) is 4.98 Å². The van der Waals surface area contributed by atoms with E-state index in [4.69, 9.17) is 11.6 Å². The smallest absolute Gasteiger partial charge is 0.258 e. The zero-order valence-corrected chi connectivity index (χ0v) is 9.90. The predicted octanol–water partition coefficient (Wildman–Crippen LogP) is 1.39. The first-order valence-corrected chi connectivity index (χ1v) is 6.38. The lowest BCUT2D eigenvalue weighted by Crippen LogP contribution is -2.21. The van der Waals surface area contributed by atoms with Gasteiger partial charge in [0.25, 0.3) is 0 Å². The Kier molecular flexibility index (Phi) is 3.82. The van der Waals surface area contributed by atoms with E-state index in [2.05, 4.69) is 4.98 Å². The molecule has 1 unspecified atom stereocenters. The molecule has 0 N–H and O–H groups in total. The number of pyridine rings is 1. The summed E-state index contributed by atoms with van der Waals surface area (Å²) in [6, 6.07) is 2.41. The van der Waals surface area contributed by atoms with Crippen LogP contribution < -0.4 is 0 Å². The fraction of sp³-hybridized carbons (Fsp3) is 0.375. The minimum Gasteiger partial charge on any atom is -0.258 e. The average molecular weight is 265 g/mol. The molecule has 0 aliphatic rings. The molecule has 0 saturated carbocycles. The Morgan fingerprint density at radius 1 is 1.62 bits per heavy atom. The summed E-state index contributed by atoms with van der Waals surface area (Å²) in [5, 5.41) is 9.20. The Balaban J connectivity index is 3.39. The Morgan fingerprint density at radius 2 is 2.25 bits per heavy atom. The lowest BCUT2D eigenvalue weighted by Gasteiger charge is -2.08. The summed E-state index contributed by atoms with van der Waals surface area (Å²) in [5.74, 6) is -0.143. The zero-order valence-electron chi connectivity index (χ0n) is 8.33. The van der Waals surface area contributed by atoms with Crippen LogP contribution in [0.4, 0.5) is 5.69 Å². The highest BCUT2D eigenvalue weighted by molar-refractivity contribution is 7.92. The maximum absolute atomic E-state index is 11.8. The molecule has 0 amide bonds.